The minimum Gasteiger partial charge on any atom is -0.462 e. The third-order valence-corrected chi connectivity index (χ3v) is 21.7. The maximum Gasteiger partial charge on any atom is 0.472 e. The highest BCUT2D eigenvalue weighted by atomic mass is 31.2. The van der Waals surface area contributed by atoms with Crippen LogP contribution >= 0.6 is 15.6 Å². The molecule has 5 atom stereocenters. The fourth-order valence-corrected chi connectivity index (χ4v) is 14.7. The fraction of sp³-hybridized carbons (Fsp3) is 0.953. The first-order chi connectivity index (χ1) is 50.1. The van der Waals surface area contributed by atoms with Crippen molar-refractivity contribution in [2.45, 2.75) is 459 Å². The number of carbonyl (C=O) groups is 4. The van der Waals surface area contributed by atoms with E-state index < -0.39 is 97.5 Å². The van der Waals surface area contributed by atoms with Gasteiger partial charge in [-0.1, -0.05) is 389 Å². The van der Waals surface area contributed by atoms with Gasteiger partial charge in [0, 0.05) is 25.7 Å². The Bertz CT molecular complexity index is 2020. The van der Waals surface area contributed by atoms with Crippen LogP contribution in [-0.2, 0) is 65.4 Å². The minimum absolute atomic E-state index is 0.107. The van der Waals surface area contributed by atoms with Crippen molar-refractivity contribution in [2.24, 2.45) is 23.7 Å². The van der Waals surface area contributed by atoms with E-state index in [4.69, 9.17) is 37.0 Å². The van der Waals surface area contributed by atoms with Gasteiger partial charge in [-0.3, -0.25) is 37.3 Å². The number of rotatable bonds is 82. The molecule has 0 aliphatic rings. The first-order valence-corrected chi connectivity index (χ1v) is 46.7. The van der Waals surface area contributed by atoms with Gasteiger partial charge in [-0.25, -0.2) is 9.13 Å². The van der Waals surface area contributed by atoms with Crippen LogP contribution in [0.2, 0.25) is 0 Å². The molecule has 0 fully saturated rings. The van der Waals surface area contributed by atoms with E-state index in [2.05, 4.69) is 55.4 Å². The number of aliphatic hydroxyl groups is 1. The number of hydrogen-bond donors (Lipinski definition) is 3. The van der Waals surface area contributed by atoms with Crippen molar-refractivity contribution in [3.8, 4) is 0 Å². The summed E-state index contributed by atoms with van der Waals surface area (Å²) in [6.45, 7) is 14.3. The molecule has 618 valence electrons. The average molecular weight is 1520 g/mol. The maximum atomic E-state index is 13.1. The van der Waals surface area contributed by atoms with Crippen LogP contribution in [0, 0.1) is 23.7 Å². The van der Waals surface area contributed by atoms with Gasteiger partial charge in [-0.15, -0.1) is 0 Å². The normalized spacial score (nSPS) is 14.0. The minimum atomic E-state index is -4.97. The lowest BCUT2D eigenvalue weighted by molar-refractivity contribution is -0.161. The average Bonchev–Trinajstić information content (AvgIpc) is 0.951. The van der Waals surface area contributed by atoms with Crippen molar-refractivity contribution in [1.29, 1.82) is 0 Å². The van der Waals surface area contributed by atoms with Gasteiger partial charge < -0.3 is 33.8 Å². The molecular formula is C85H166O17P2. The largest absolute Gasteiger partial charge is 0.472 e. The first kappa shape index (κ1) is 102. The quantitative estimate of drug-likeness (QED) is 0.0222. The van der Waals surface area contributed by atoms with Gasteiger partial charge in [0.2, 0.25) is 0 Å². The van der Waals surface area contributed by atoms with Crippen molar-refractivity contribution in [3.05, 3.63) is 0 Å². The van der Waals surface area contributed by atoms with Crippen LogP contribution in [-0.4, -0.2) is 96.7 Å². The Kier molecular flexibility index (Phi) is 72.5. The molecule has 3 N–H and O–H groups in total. The second-order valence-corrected chi connectivity index (χ2v) is 35.4. The number of esters is 4. The summed E-state index contributed by atoms with van der Waals surface area (Å²) in [5.41, 5.74) is 0. The van der Waals surface area contributed by atoms with Gasteiger partial charge >= 0.3 is 39.5 Å². The molecule has 3 unspecified atom stereocenters. The lowest BCUT2D eigenvalue weighted by atomic mass is 10.0. The van der Waals surface area contributed by atoms with Crippen molar-refractivity contribution in [1.82, 2.24) is 0 Å². The molecule has 0 bridgehead atoms. The number of aliphatic hydroxyl groups excluding tert-OH is 1. The molecule has 0 heterocycles. The third kappa shape index (κ3) is 78.2. The van der Waals surface area contributed by atoms with Gasteiger partial charge in [0.25, 0.3) is 0 Å². The van der Waals surface area contributed by atoms with Crippen LogP contribution in [0.4, 0.5) is 0 Å². The van der Waals surface area contributed by atoms with E-state index in [0.717, 1.165) is 114 Å². The zero-order valence-electron chi connectivity index (χ0n) is 68.7. The molecule has 0 aromatic heterocycles. The SMILES string of the molecule is CC(C)CCCCCCCCCCCCCCCCCCCCC(=O)O[C@H](COC(=O)CCCCCCCCCCCCCCC(C)C)COP(=O)(O)OCC(O)COP(=O)(O)OC[C@@H](COC(=O)CCCCCCCCCC(C)C)OC(=O)CCCCCCCCCCCCCCCCCC(C)C. The predicted molar refractivity (Wildman–Crippen MR) is 428 cm³/mol. The Morgan fingerprint density at radius 1 is 0.240 bits per heavy atom. The molecule has 0 aliphatic heterocycles. The lowest BCUT2D eigenvalue weighted by Crippen LogP contribution is -2.30. The number of phosphoric acid groups is 2. The Morgan fingerprint density at radius 3 is 0.596 bits per heavy atom. The molecule has 0 aliphatic carbocycles. The molecule has 0 rings (SSSR count). The Hall–Kier alpha value is -1.94. The van der Waals surface area contributed by atoms with E-state index in [-0.39, 0.29) is 25.7 Å². The number of ether oxygens (including phenoxy) is 4. The molecule has 19 heteroatoms. The van der Waals surface area contributed by atoms with Crippen molar-refractivity contribution < 1.29 is 80.2 Å². The highest BCUT2D eigenvalue weighted by Crippen LogP contribution is 2.45. The summed E-state index contributed by atoms with van der Waals surface area (Å²) < 4.78 is 68.8. The fourth-order valence-electron chi connectivity index (χ4n) is 13.1. The zero-order valence-corrected chi connectivity index (χ0v) is 70.5. The van der Waals surface area contributed by atoms with Crippen LogP contribution in [0.5, 0.6) is 0 Å². The topological polar surface area (TPSA) is 237 Å². The maximum absolute atomic E-state index is 13.1. The molecule has 17 nitrogen and oxygen atoms in total. The van der Waals surface area contributed by atoms with E-state index in [1.807, 2.05) is 0 Å². The molecule has 0 radical (unpaired) electrons. The van der Waals surface area contributed by atoms with Crippen molar-refractivity contribution >= 4 is 39.5 Å². The summed E-state index contributed by atoms with van der Waals surface area (Å²) in [5, 5.41) is 10.7. The van der Waals surface area contributed by atoms with Crippen LogP contribution in [0.15, 0.2) is 0 Å². The molecule has 104 heavy (non-hydrogen) atoms. The van der Waals surface area contributed by atoms with E-state index in [0.29, 0.717) is 31.6 Å². The summed E-state index contributed by atoms with van der Waals surface area (Å²) in [6.07, 6.45) is 62.6. The highest BCUT2D eigenvalue weighted by Gasteiger charge is 2.30. The van der Waals surface area contributed by atoms with Crippen LogP contribution in [0.25, 0.3) is 0 Å². The number of carbonyl (C=O) groups excluding carboxylic acids is 4. The van der Waals surface area contributed by atoms with E-state index >= 15 is 0 Å². The summed E-state index contributed by atoms with van der Waals surface area (Å²) in [7, 11) is -9.93. The third-order valence-electron chi connectivity index (χ3n) is 19.8. The molecule has 0 amide bonds. The monoisotopic (exact) mass is 1520 g/mol. The molecule has 0 saturated heterocycles. The summed E-state index contributed by atoms with van der Waals surface area (Å²) in [6, 6.07) is 0. The molecular weight excluding hydrogens is 1350 g/mol. The smallest absolute Gasteiger partial charge is 0.462 e. The van der Waals surface area contributed by atoms with E-state index in [9.17, 15) is 43.2 Å². The van der Waals surface area contributed by atoms with Gasteiger partial charge in [0.15, 0.2) is 12.2 Å². The summed E-state index contributed by atoms with van der Waals surface area (Å²) in [4.78, 5) is 73.2. The first-order valence-electron chi connectivity index (χ1n) is 43.7. The van der Waals surface area contributed by atoms with Crippen LogP contribution in [0.3, 0.4) is 0 Å². The summed E-state index contributed by atoms with van der Waals surface area (Å²) in [5.74, 6) is 1.00. The Balaban J connectivity index is 5.22. The van der Waals surface area contributed by atoms with Gasteiger partial charge in [-0.05, 0) is 49.4 Å². The second kappa shape index (κ2) is 73.8. The number of hydrogen-bond acceptors (Lipinski definition) is 15. The Morgan fingerprint density at radius 2 is 0.404 bits per heavy atom. The molecule has 0 aromatic carbocycles. The van der Waals surface area contributed by atoms with Gasteiger partial charge in [0.05, 0.1) is 26.4 Å². The standard InChI is InChI=1S/C85H166O17P2/c1-75(2)61-53-45-37-30-24-18-14-11-9-10-12-16-20-28-34-42-51-59-67-84(89)101-80(71-95-82(87)65-57-49-41-33-27-23-22-26-32-39-47-55-63-77(5)6)73-99-103(91,92)97-69-79(86)70-98-104(93,94)100-74-81(72-96-83(88)66-58-50-44-36-40-48-56-64-78(7)8)102-85(90)68-60-52-43-35-29-21-17-13-15-19-25-31-38-46-54-62-76(3)4/h75-81,86H,9-74H2,1-8H3,(H,91,92)(H,93,94)/t79?,80-,81-/m1/s1. The lowest BCUT2D eigenvalue weighted by Gasteiger charge is -2.21. The number of unbranched alkanes of at least 4 members (excludes halogenated alkanes) is 48. The van der Waals surface area contributed by atoms with Gasteiger partial charge in [-0.2, -0.15) is 0 Å². The summed E-state index contributed by atoms with van der Waals surface area (Å²) >= 11 is 0. The zero-order chi connectivity index (χ0) is 76.7. The molecule has 0 saturated carbocycles. The van der Waals surface area contributed by atoms with Crippen molar-refractivity contribution in [2.75, 3.05) is 39.6 Å². The highest BCUT2D eigenvalue weighted by molar-refractivity contribution is 7.47. The predicted octanol–water partition coefficient (Wildman–Crippen LogP) is 25.6. The molecule has 0 spiro atoms. The van der Waals surface area contributed by atoms with Crippen LogP contribution in [0.1, 0.15) is 441 Å². The van der Waals surface area contributed by atoms with Crippen molar-refractivity contribution in [3.63, 3.8) is 0 Å². The van der Waals surface area contributed by atoms with Crippen LogP contribution < -0.4 is 0 Å². The van der Waals surface area contributed by atoms with Gasteiger partial charge in [0.1, 0.15) is 19.3 Å². The Labute approximate surface area is 638 Å². The molecule has 0 aromatic rings. The number of phosphoric ester groups is 2. The van der Waals surface area contributed by atoms with E-state index in [1.165, 1.54) is 238 Å². The van der Waals surface area contributed by atoms with E-state index in [1.54, 1.807) is 0 Å². The second-order valence-electron chi connectivity index (χ2n) is 32.5.